The molecule has 4 rings (SSSR count). The van der Waals surface area contributed by atoms with Gasteiger partial charge in [-0.15, -0.1) is 0 Å². The van der Waals surface area contributed by atoms with Crippen LogP contribution in [0.2, 0.25) is 0 Å². The molecule has 1 N–H and O–H groups in total. The van der Waals surface area contributed by atoms with E-state index in [1.807, 2.05) is 24.3 Å². The topological polar surface area (TPSA) is 106 Å². The summed E-state index contributed by atoms with van der Waals surface area (Å²) in [5, 5.41) is 15.7. The Hall–Kier alpha value is -3.81. The van der Waals surface area contributed by atoms with E-state index in [4.69, 9.17) is 0 Å². The number of aromatic amines is 1. The number of nitro groups is 1. The van der Waals surface area contributed by atoms with Crippen molar-refractivity contribution in [1.29, 1.82) is 0 Å². The van der Waals surface area contributed by atoms with Crippen LogP contribution in [0.15, 0.2) is 64.8 Å². The Labute approximate surface area is 140 Å². The third-order valence-corrected chi connectivity index (χ3v) is 3.81. The van der Waals surface area contributed by atoms with Gasteiger partial charge < -0.3 is 4.98 Å². The average Bonchev–Trinajstić information content (AvgIpc) is 3.01. The summed E-state index contributed by atoms with van der Waals surface area (Å²) in [7, 11) is 0. The molecule has 0 spiro atoms. The molecule has 25 heavy (non-hydrogen) atoms. The van der Waals surface area contributed by atoms with Crippen LogP contribution in [0.4, 0.5) is 5.69 Å². The molecule has 0 aliphatic rings. The van der Waals surface area contributed by atoms with Crippen molar-refractivity contribution in [1.82, 2.24) is 14.6 Å². The first-order chi connectivity index (χ1) is 12.1. The molecule has 0 aliphatic heterocycles. The fraction of sp³-hybridized carbons (Fsp3) is 0. The summed E-state index contributed by atoms with van der Waals surface area (Å²) >= 11 is 0. The number of H-pyrrole nitrogens is 1. The van der Waals surface area contributed by atoms with Gasteiger partial charge in [0.1, 0.15) is 17.4 Å². The van der Waals surface area contributed by atoms with E-state index in [1.54, 1.807) is 12.1 Å². The number of fused-ring (bicyclic) bond motifs is 3. The Morgan fingerprint density at radius 3 is 2.88 bits per heavy atom. The van der Waals surface area contributed by atoms with Crippen molar-refractivity contribution in [2.75, 3.05) is 0 Å². The molecular weight excluding hydrogens is 322 g/mol. The molecule has 0 saturated heterocycles. The summed E-state index contributed by atoms with van der Waals surface area (Å²) < 4.78 is 1.09. The fourth-order valence-corrected chi connectivity index (χ4v) is 2.63. The number of hydrogen-bond acceptors (Lipinski definition) is 5. The highest BCUT2D eigenvalue weighted by molar-refractivity contribution is 6.04. The first-order valence-corrected chi connectivity index (χ1v) is 7.40. The molecule has 8 heteroatoms. The maximum absolute atomic E-state index is 12.6. The molecule has 2 aromatic heterocycles. The van der Waals surface area contributed by atoms with Crippen molar-refractivity contribution in [3.05, 3.63) is 80.9 Å². The van der Waals surface area contributed by atoms with Crippen LogP contribution in [0.5, 0.6) is 0 Å². The van der Waals surface area contributed by atoms with Gasteiger partial charge in [-0.2, -0.15) is 9.78 Å². The summed E-state index contributed by atoms with van der Waals surface area (Å²) in [6.45, 7) is 0. The van der Waals surface area contributed by atoms with E-state index in [0.29, 0.717) is 16.6 Å². The summed E-state index contributed by atoms with van der Waals surface area (Å²) in [4.78, 5) is 30.2. The highest BCUT2D eigenvalue weighted by atomic mass is 16.6. The Balaban J connectivity index is 1.78. The largest absolute Gasteiger partial charge is 0.349 e. The standard InChI is InChI=1S/C17H11N5O3/c23-17-16-15(13-6-1-2-7-14(13)20-16)18-10-21(17)19-9-11-4-3-5-12(8-11)22(24)25/h1-10,20H. The lowest BCUT2D eigenvalue weighted by Crippen LogP contribution is -2.17. The van der Waals surface area contributed by atoms with Crippen LogP contribution in [-0.4, -0.2) is 25.8 Å². The van der Waals surface area contributed by atoms with Crippen LogP contribution in [0, 0.1) is 10.1 Å². The number of nitrogens with zero attached hydrogens (tertiary/aromatic N) is 4. The number of nitrogens with one attached hydrogen (secondary N) is 1. The van der Waals surface area contributed by atoms with Crippen LogP contribution < -0.4 is 5.56 Å². The monoisotopic (exact) mass is 333 g/mol. The van der Waals surface area contributed by atoms with Gasteiger partial charge in [-0.1, -0.05) is 30.3 Å². The maximum atomic E-state index is 12.6. The van der Waals surface area contributed by atoms with E-state index in [-0.39, 0.29) is 11.2 Å². The number of nitro benzene ring substituents is 1. The highest BCUT2D eigenvalue weighted by Gasteiger charge is 2.10. The lowest BCUT2D eigenvalue weighted by atomic mass is 10.2. The zero-order chi connectivity index (χ0) is 17.4. The Kier molecular flexibility index (Phi) is 3.35. The fourth-order valence-electron chi connectivity index (χ4n) is 2.63. The molecule has 0 saturated carbocycles. The predicted molar refractivity (Wildman–Crippen MR) is 93.9 cm³/mol. The van der Waals surface area contributed by atoms with E-state index in [1.165, 1.54) is 24.7 Å². The molecule has 0 amide bonds. The lowest BCUT2D eigenvalue weighted by Gasteiger charge is -1.98. The van der Waals surface area contributed by atoms with Gasteiger partial charge in [0.05, 0.1) is 11.1 Å². The van der Waals surface area contributed by atoms with Crippen molar-refractivity contribution in [2.24, 2.45) is 5.10 Å². The number of rotatable bonds is 3. The van der Waals surface area contributed by atoms with Gasteiger partial charge in [-0.05, 0) is 6.07 Å². The second kappa shape index (κ2) is 5.68. The molecule has 2 heterocycles. The van der Waals surface area contributed by atoms with Crippen LogP contribution in [-0.2, 0) is 0 Å². The van der Waals surface area contributed by atoms with Crippen molar-refractivity contribution in [3.63, 3.8) is 0 Å². The number of aromatic nitrogens is 3. The average molecular weight is 333 g/mol. The zero-order valence-electron chi connectivity index (χ0n) is 12.8. The minimum atomic E-state index is -0.485. The minimum absolute atomic E-state index is 0.0412. The van der Waals surface area contributed by atoms with Gasteiger partial charge in [0.15, 0.2) is 0 Å². The molecule has 0 unspecified atom stereocenters. The number of benzene rings is 2. The molecular formula is C17H11N5O3. The lowest BCUT2D eigenvalue weighted by molar-refractivity contribution is -0.384. The molecule has 0 fully saturated rings. The first kappa shape index (κ1) is 14.8. The number of para-hydroxylation sites is 1. The van der Waals surface area contributed by atoms with Crippen LogP contribution in [0.25, 0.3) is 21.9 Å². The molecule has 4 aromatic rings. The zero-order valence-corrected chi connectivity index (χ0v) is 12.8. The van der Waals surface area contributed by atoms with E-state index in [0.717, 1.165) is 15.6 Å². The van der Waals surface area contributed by atoms with E-state index in [9.17, 15) is 14.9 Å². The molecule has 8 nitrogen and oxygen atoms in total. The van der Waals surface area contributed by atoms with E-state index in [2.05, 4.69) is 15.1 Å². The van der Waals surface area contributed by atoms with Gasteiger partial charge in [0.25, 0.3) is 11.2 Å². The third-order valence-electron chi connectivity index (χ3n) is 3.81. The summed E-state index contributed by atoms with van der Waals surface area (Å²) in [6, 6.07) is 13.5. The summed E-state index contributed by atoms with van der Waals surface area (Å²) in [5.74, 6) is 0. The molecule has 2 aromatic carbocycles. The first-order valence-electron chi connectivity index (χ1n) is 7.40. The SMILES string of the molecule is O=c1c2[nH]c3ccccc3c2ncn1N=Cc1cccc([N+](=O)[O-])c1. The quantitative estimate of drug-likeness (QED) is 0.353. The molecule has 0 aliphatic carbocycles. The van der Waals surface area contributed by atoms with E-state index < -0.39 is 4.92 Å². The predicted octanol–water partition coefficient (Wildman–Crippen LogP) is 2.67. The van der Waals surface area contributed by atoms with Crippen molar-refractivity contribution >= 4 is 33.8 Å². The van der Waals surface area contributed by atoms with Gasteiger partial charge >= 0.3 is 0 Å². The Morgan fingerprint density at radius 2 is 2.04 bits per heavy atom. The minimum Gasteiger partial charge on any atom is -0.349 e. The van der Waals surface area contributed by atoms with Crippen molar-refractivity contribution < 1.29 is 4.92 Å². The van der Waals surface area contributed by atoms with Crippen LogP contribution in [0.3, 0.4) is 0 Å². The van der Waals surface area contributed by atoms with Gasteiger partial charge in [-0.25, -0.2) is 4.98 Å². The number of hydrogen-bond donors (Lipinski definition) is 1. The van der Waals surface area contributed by atoms with Crippen molar-refractivity contribution in [3.8, 4) is 0 Å². The van der Waals surface area contributed by atoms with Gasteiger partial charge in [-0.3, -0.25) is 14.9 Å². The van der Waals surface area contributed by atoms with Gasteiger partial charge in [0.2, 0.25) is 0 Å². The second-order valence-corrected chi connectivity index (χ2v) is 5.39. The second-order valence-electron chi connectivity index (χ2n) is 5.39. The normalized spacial score (nSPS) is 11.5. The molecule has 122 valence electrons. The van der Waals surface area contributed by atoms with Crippen LogP contribution in [0.1, 0.15) is 5.56 Å². The number of non-ortho nitro benzene ring substituents is 1. The Morgan fingerprint density at radius 1 is 1.20 bits per heavy atom. The van der Waals surface area contributed by atoms with E-state index >= 15 is 0 Å². The van der Waals surface area contributed by atoms with Crippen molar-refractivity contribution in [2.45, 2.75) is 0 Å². The third kappa shape index (κ3) is 2.55. The van der Waals surface area contributed by atoms with Crippen LogP contribution >= 0.6 is 0 Å². The summed E-state index contributed by atoms with van der Waals surface area (Å²) in [6.07, 6.45) is 2.71. The molecule has 0 atom stereocenters. The maximum Gasteiger partial charge on any atom is 0.298 e. The summed E-state index contributed by atoms with van der Waals surface area (Å²) in [5.41, 5.74) is 1.89. The highest BCUT2D eigenvalue weighted by Crippen LogP contribution is 2.20. The smallest absolute Gasteiger partial charge is 0.298 e. The Bertz CT molecular complexity index is 1210. The molecule has 0 bridgehead atoms. The van der Waals surface area contributed by atoms with Gasteiger partial charge in [0, 0.05) is 28.6 Å². The molecule has 0 radical (unpaired) electrons.